The predicted octanol–water partition coefficient (Wildman–Crippen LogP) is 4.68. The molecular weight excluding hydrogens is 207 g/mol. The Bertz CT molecular complexity index is 457. The second-order valence-electron chi connectivity index (χ2n) is 3.88. The molecule has 0 atom stereocenters. The lowest BCUT2D eigenvalue weighted by atomic mass is 10.0. The summed E-state index contributed by atoms with van der Waals surface area (Å²) in [4.78, 5) is 0.995. The Hall–Kier alpha value is -1.15. The highest BCUT2D eigenvalue weighted by Gasteiger charge is 2.04. The zero-order valence-electron chi connectivity index (χ0n) is 8.83. The fourth-order valence-corrected chi connectivity index (χ4v) is 2.25. The van der Waals surface area contributed by atoms with E-state index in [-0.39, 0.29) is 5.13 Å². The molecule has 0 spiro atoms. The second-order valence-corrected chi connectivity index (χ2v) is 4.92. The molecular formula is C13H13FS. The standard InChI is InChI=1S/C13H13FS/c1-9(2)10-4-3-5-11(8-10)12-6-7-13(14)15-12/h3-9H,1-2H3. The third kappa shape index (κ3) is 2.26. The molecule has 0 nitrogen and oxygen atoms in total. The maximum absolute atomic E-state index is 12.9. The highest BCUT2D eigenvalue weighted by Crippen LogP contribution is 2.29. The summed E-state index contributed by atoms with van der Waals surface area (Å²) in [5.41, 5.74) is 2.40. The molecule has 0 aliphatic carbocycles. The average molecular weight is 220 g/mol. The van der Waals surface area contributed by atoms with E-state index < -0.39 is 0 Å². The van der Waals surface area contributed by atoms with Gasteiger partial charge in [-0.25, -0.2) is 0 Å². The zero-order valence-corrected chi connectivity index (χ0v) is 9.64. The van der Waals surface area contributed by atoms with Gasteiger partial charge in [-0.3, -0.25) is 0 Å². The van der Waals surface area contributed by atoms with Crippen LogP contribution in [0, 0.1) is 5.13 Å². The van der Waals surface area contributed by atoms with Crippen molar-refractivity contribution in [2.24, 2.45) is 0 Å². The third-order valence-electron chi connectivity index (χ3n) is 2.41. The summed E-state index contributed by atoms with van der Waals surface area (Å²) in [6, 6.07) is 11.6. The van der Waals surface area contributed by atoms with Crippen LogP contribution in [0.4, 0.5) is 4.39 Å². The van der Waals surface area contributed by atoms with Gasteiger partial charge in [0.05, 0.1) is 0 Å². The molecule has 2 heteroatoms. The van der Waals surface area contributed by atoms with Crippen LogP contribution in [-0.2, 0) is 0 Å². The van der Waals surface area contributed by atoms with Gasteiger partial charge in [0.2, 0.25) is 0 Å². The zero-order chi connectivity index (χ0) is 10.8. The Morgan fingerprint density at radius 1 is 1.13 bits per heavy atom. The Balaban J connectivity index is 2.41. The van der Waals surface area contributed by atoms with Crippen molar-refractivity contribution < 1.29 is 4.39 Å². The van der Waals surface area contributed by atoms with Crippen LogP contribution in [-0.4, -0.2) is 0 Å². The highest BCUT2D eigenvalue weighted by molar-refractivity contribution is 7.13. The van der Waals surface area contributed by atoms with Gasteiger partial charge in [-0.2, -0.15) is 4.39 Å². The SMILES string of the molecule is CC(C)c1cccc(-c2ccc(F)s2)c1. The van der Waals surface area contributed by atoms with Crippen molar-refractivity contribution in [3.8, 4) is 10.4 Å². The smallest absolute Gasteiger partial charge is 0.176 e. The Labute approximate surface area is 93.4 Å². The summed E-state index contributed by atoms with van der Waals surface area (Å²) in [7, 11) is 0. The molecule has 0 saturated heterocycles. The van der Waals surface area contributed by atoms with Crippen LogP contribution in [0.2, 0.25) is 0 Å². The monoisotopic (exact) mass is 220 g/mol. The number of thiophene rings is 1. The van der Waals surface area contributed by atoms with E-state index in [1.165, 1.54) is 23.0 Å². The number of halogens is 1. The first-order valence-corrected chi connectivity index (χ1v) is 5.84. The van der Waals surface area contributed by atoms with E-state index in [0.717, 1.165) is 10.4 Å². The Morgan fingerprint density at radius 2 is 1.93 bits per heavy atom. The van der Waals surface area contributed by atoms with E-state index in [1.54, 1.807) is 0 Å². The number of hydrogen-bond acceptors (Lipinski definition) is 1. The first kappa shape index (κ1) is 10.4. The Kier molecular flexibility index (Phi) is 2.87. The maximum Gasteiger partial charge on any atom is 0.176 e. The number of hydrogen-bond donors (Lipinski definition) is 0. The van der Waals surface area contributed by atoms with E-state index >= 15 is 0 Å². The molecule has 0 fully saturated rings. The van der Waals surface area contributed by atoms with E-state index in [2.05, 4.69) is 26.0 Å². The highest BCUT2D eigenvalue weighted by atomic mass is 32.1. The van der Waals surface area contributed by atoms with Crippen molar-refractivity contribution >= 4 is 11.3 Å². The molecule has 1 aromatic heterocycles. The van der Waals surface area contributed by atoms with Crippen molar-refractivity contribution in [3.63, 3.8) is 0 Å². The molecule has 2 rings (SSSR count). The van der Waals surface area contributed by atoms with Crippen LogP contribution < -0.4 is 0 Å². The van der Waals surface area contributed by atoms with Gasteiger partial charge in [0.25, 0.3) is 0 Å². The van der Waals surface area contributed by atoms with Crippen molar-refractivity contribution in [1.29, 1.82) is 0 Å². The molecule has 1 aromatic carbocycles. The lowest BCUT2D eigenvalue weighted by Gasteiger charge is -2.06. The van der Waals surface area contributed by atoms with Crippen LogP contribution in [0.1, 0.15) is 25.3 Å². The van der Waals surface area contributed by atoms with E-state index in [0.29, 0.717) is 5.92 Å². The van der Waals surface area contributed by atoms with Crippen LogP contribution in [0.5, 0.6) is 0 Å². The van der Waals surface area contributed by atoms with Crippen LogP contribution in [0.15, 0.2) is 36.4 Å². The van der Waals surface area contributed by atoms with Gasteiger partial charge in [-0.15, -0.1) is 11.3 Å². The van der Waals surface area contributed by atoms with Gasteiger partial charge < -0.3 is 0 Å². The quantitative estimate of drug-likeness (QED) is 0.689. The first-order valence-electron chi connectivity index (χ1n) is 5.02. The largest absolute Gasteiger partial charge is 0.195 e. The fourth-order valence-electron chi connectivity index (χ4n) is 1.52. The van der Waals surface area contributed by atoms with E-state index in [4.69, 9.17) is 0 Å². The normalized spacial score (nSPS) is 10.9. The van der Waals surface area contributed by atoms with E-state index in [9.17, 15) is 4.39 Å². The molecule has 2 aromatic rings. The molecule has 0 saturated carbocycles. The van der Waals surface area contributed by atoms with Crippen LogP contribution in [0.3, 0.4) is 0 Å². The summed E-state index contributed by atoms with van der Waals surface area (Å²) in [6.07, 6.45) is 0. The molecule has 78 valence electrons. The van der Waals surface area contributed by atoms with Gasteiger partial charge in [0, 0.05) is 4.88 Å². The third-order valence-corrected chi connectivity index (χ3v) is 3.33. The van der Waals surface area contributed by atoms with Gasteiger partial charge in [0.1, 0.15) is 0 Å². The summed E-state index contributed by atoms with van der Waals surface area (Å²) < 4.78 is 12.9. The lowest BCUT2D eigenvalue weighted by Crippen LogP contribution is -1.86. The van der Waals surface area contributed by atoms with Crippen LogP contribution >= 0.6 is 11.3 Å². The minimum absolute atomic E-state index is 0.125. The van der Waals surface area contributed by atoms with Gasteiger partial charge in [0.15, 0.2) is 5.13 Å². The van der Waals surface area contributed by atoms with Crippen LogP contribution in [0.25, 0.3) is 10.4 Å². The average Bonchev–Trinajstić information content (AvgIpc) is 2.65. The predicted molar refractivity (Wildman–Crippen MR) is 63.8 cm³/mol. The molecule has 15 heavy (non-hydrogen) atoms. The number of rotatable bonds is 2. The van der Waals surface area contributed by atoms with Crippen molar-refractivity contribution in [2.45, 2.75) is 19.8 Å². The van der Waals surface area contributed by atoms with E-state index in [1.807, 2.05) is 18.2 Å². The summed E-state index contributed by atoms with van der Waals surface area (Å²) in [6.45, 7) is 4.32. The minimum atomic E-state index is -0.125. The number of benzene rings is 1. The van der Waals surface area contributed by atoms with Gasteiger partial charge in [-0.1, -0.05) is 38.1 Å². The second kappa shape index (κ2) is 4.15. The van der Waals surface area contributed by atoms with Crippen molar-refractivity contribution in [1.82, 2.24) is 0 Å². The van der Waals surface area contributed by atoms with Gasteiger partial charge >= 0.3 is 0 Å². The topological polar surface area (TPSA) is 0 Å². The molecule has 0 radical (unpaired) electrons. The fraction of sp³-hybridized carbons (Fsp3) is 0.231. The lowest BCUT2D eigenvalue weighted by molar-refractivity contribution is 0.657. The summed E-state index contributed by atoms with van der Waals surface area (Å²) in [5, 5.41) is -0.125. The summed E-state index contributed by atoms with van der Waals surface area (Å²) >= 11 is 1.19. The van der Waals surface area contributed by atoms with Crippen molar-refractivity contribution in [3.05, 3.63) is 47.1 Å². The molecule has 0 aliphatic heterocycles. The Morgan fingerprint density at radius 3 is 2.53 bits per heavy atom. The molecule has 1 heterocycles. The first-order chi connectivity index (χ1) is 7.16. The maximum atomic E-state index is 12.9. The molecule has 0 bridgehead atoms. The minimum Gasteiger partial charge on any atom is -0.195 e. The molecule has 0 aliphatic rings. The molecule has 0 amide bonds. The molecule has 0 unspecified atom stereocenters. The summed E-state index contributed by atoms with van der Waals surface area (Å²) in [5.74, 6) is 0.509. The van der Waals surface area contributed by atoms with Gasteiger partial charge in [-0.05, 0) is 29.2 Å². The molecule has 0 N–H and O–H groups in total. The van der Waals surface area contributed by atoms with Crippen molar-refractivity contribution in [2.75, 3.05) is 0 Å².